The summed E-state index contributed by atoms with van der Waals surface area (Å²) < 4.78 is 10.8. The molecule has 0 saturated heterocycles. The number of rotatable bonds is 7. The maximum Gasteiger partial charge on any atom is 0.218 e. The van der Waals surface area contributed by atoms with Crippen LogP contribution >= 0.6 is 11.5 Å². The van der Waals surface area contributed by atoms with Gasteiger partial charge in [0.05, 0.1) is 17.7 Å². The van der Waals surface area contributed by atoms with Crippen molar-refractivity contribution in [2.45, 2.75) is 40.0 Å². The van der Waals surface area contributed by atoms with Crippen molar-refractivity contribution >= 4 is 23.6 Å². The number of benzene rings is 2. The minimum absolute atomic E-state index is 0.404. The Hall–Kier alpha value is -3.17. The fraction of sp³-hybridized carbons (Fsp3) is 0.320. The Morgan fingerprint density at radius 1 is 1.19 bits per heavy atom. The average Bonchev–Trinajstić information content (AvgIpc) is 3.18. The quantitative estimate of drug-likeness (QED) is 0.322. The van der Waals surface area contributed by atoms with Crippen molar-refractivity contribution in [3.05, 3.63) is 70.4 Å². The summed E-state index contributed by atoms with van der Waals surface area (Å²) in [6.45, 7) is 11.1. The number of aryl methyl sites for hydroxylation is 2. The van der Waals surface area contributed by atoms with Gasteiger partial charge in [-0.3, -0.25) is 0 Å². The van der Waals surface area contributed by atoms with E-state index in [2.05, 4.69) is 48.3 Å². The van der Waals surface area contributed by atoms with Crippen LogP contribution < -0.4 is 4.74 Å². The van der Waals surface area contributed by atoms with E-state index < -0.39 is 5.41 Å². The van der Waals surface area contributed by atoms with E-state index >= 15 is 0 Å². The molecule has 0 fully saturated rings. The molecule has 0 amide bonds. The van der Waals surface area contributed by atoms with Crippen molar-refractivity contribution in [3.8, 4) is 16.9 Å². The molecule has 160 valence electrons. The third-order valence-electron chi connectivity index (χ3n) is 5.45. The van der Waals surface area contributed by atoms with Crippen LogP contribution in [-0.4, -0.2) is 29.2 Å². The Labute approximate surface area is 188 Å². The van der Waals surface area contributed by atoms with Gasteiger partial charge in [-0.05, 0) is 49.6 Å². The van der Waals surface area contributed by atoms with Crippen LogP contribution in [0.3, 0.4) is 0 Å². The van der Waals surface area contributed by atoms with Gasteiger partial charge in [0, 0.05) is 30.5 Å². The topological polar surface area (TPSA) is 61.5 Å². The molecule has 2 aromatic carbocycles. The highest BCUT2D eigenvalue weighted by molar-refractivity contribution is 7.08. The van der Waals surface area contributed by atoms with Gasteiger partial charge in [-0.1, -0.05) is 44.2 Å². The van der Waals surface area contributed by atoms with Gasteiger partial charge >= 0.3 is 0 Å². The van der Waals surface area contributed by atoms with Crippen LogP contribution in [-0.2, 0) is 5.41 Å². The van der Waals surface area contributed by atoms with Crippen LogP contribution in [0.2, 0.25) is 0 Å². The molecule has 3 aromatic rings. The van der Waals surface area contributed by atoms with Crippen molar-refractivity contribution in [2.24, 2.45) is 4.99 Å². The fourth-order valence-electron chi connectivity index (χ4n) is 3.23. The van der Waals surface area contributed by atoms with Crippen LogP contribution in [0.1, 0.15) is 48.7 Å². The fourth-order valence-corrected chi connectivity index (χ4v) is 4.08. The Morgan fingerprint density at radius 2 is 1.90 bits per heavy atom. The summed E-state index contributed by atoms with van der Waals surface area (Å²) in [5.41, 5.74) is 4.80. The van der Waals surface area contributed by atoms with Crippen molar-refractivity contribution in [3.63, 3.8) is 0 Å². The Balaban J connectivity index is 1.93. The zero-order chi connectivity index (χ0) is 22.6. The van der Waals surface area contributed by atoms with Crippen LogP contribution in [0.4, 0.5) is 5.69 Å². The molecule has 0 saturated carbocycles. The highest BCUT2D eigenvalue weighted by Crippen LogP contribution is 2.41. The minimum Gasteiger partial charge on any atom is -0.443 e. The number of hydrogen-bond donors (Lipinski definition) is 0. The summed E-state index contributed by atoms with van der Waals surface area (Å²) in [7, 11) is 1.99. The smallest absolute Gasteiger partial charge is 0.218 e. The standard InChI is InChI=1S/C25H28N4OS/c1-7-29(6)16-27-21-13-18(3)22(14-17(21)2)30-24-20(15-26)23(28-31-24)25(4,5)19-11-9-8-10-12-19/h8-14,16H,7H2,1-6H3. The third-order valence-corrected chi connectivity index (χ3v) is 6.18. The second-order valence-electron chi connectivity index (χ2n) is 8.12. The van der Waals surface area contributed by atoms with Crippen molar-refractivity contribution in [1.82, 2.24) is 9.27 Å². The van der Waals surface area contributed by atoms with E-state index in [1.807, 2.05) is 62.5 Å². The highest BCUT2D eigenvalue weighted by Gasteiger charge is 2.31. The van der Waals surface area contributed by atoms with Gasteiger partial charge < -0.3 is 9.64 Å². The molecule has 0 aliphatic carbocycles. The number of nitrogens with zero attached hydrogens (tertiary/aromatic N) is 4. The number of ether oxygens (including phenoxy) is 1. The van der Waals surface area contributed by atoms with E-state index in [1.54, 1.807) is 0 Å². The molecule has 1 aromatic heterocycles. The number of aliphatic imine (C=N–C) groups is 1. The average molecular weight is 433 g/mol. The number of hydrogen-bond acceptors (Lipinski definition) is 5. The summed E-state index contributed by atoms with van der Waals surface area (Å²) in [6.07, 6.45) is 1.83. The van der Waals surface area contributed by atoms with Crippen LogP contribution in [0.25, 0.3) is 0 Å². The molecule has 0 aliphatic rings. The molecule has 5 nitrogen and oxygen atoms in total. The summed E-state index contributed by atoms with van der Waals surface area (Å²) in [6, 6.07) is 16.4. The van der Waals surface area contributed by atoms with Crippen molar-refractivity contribution in [2.75, 3.05) is 13.6 Å². The van der Waals surface area contributed by atoms with Gasteiger partial charge in [0.2, 0.25) is 5.06 Å². The number of nitriles is 1. The second kappa shape index (κ2) is 9.32. The molecule has 0 N–H and O–H groups in total. The van der Waals surface area contributed by atoms with Crippen LogP contribution in [0, 0.1) is 25.2 Å². The molecule has 1 heterocycles. The van der Waals surface area contributed by atoms with Crippen molar-refractivity contribution in [1.29, 1.82) is 5.26 Å². The van der Waals surface area contributed by atoms with Gasteiger partial charge in [-0.2, -0.15) is 9.64 Å². The molecule has 6 heteroatoms. The third kappa shape index (κ3) is 4.78. The first-order chi connectivity index (χ1) is 14.8. The van der Waals surface area contributed by atoms with Gasteiger partial charge in [0.15, 0.2) is 0 Å². The van der Waals surface area contributed by atoms with Crippen LogP contribution in [0.5, 0.6) is 10.8 Å². The Bertz CT molecular complexity index is 1130. The maximum atomic E-state index is 9.90. The summed E-state index contributed by atoms with van der Waals surface area (Å²) in [5, 5.41) is 10.4. The lowest BCUT2D eigenvalue weighted by Crippen LogP contribution is -2.20. The molecule has 0 atom stereocenters. The largest absolute Gasteiger partial charge is 0.443 e. The van der Waals surface area contributed by atoms with Crippen molar-refractivity contribution < 1.29 is 4.74 Å². The second-order valence-corrected chi connectivity index (χ2v) is 8.86. The normalized spacial score (nSPS) is 11.5. The summed E-state index contributed by atoms with van der Waals surface area (Å²) in [5.74, 6) is 0.713. The lowest BCUT2D eigenvalue weighted by Gasteiger charge is -2.23. The molecular weight excluding hydrogens is 404 g/mol. The first kappa shape index (κ1) is 22.5. The molecule has 31 heavy (non-hydrogen) atoms. The van der Waals surface area contributed by atoms with E-state index in [4.69, 9.17) is 4.74 Å². The zero-order valence-corrected chi connectivity index (χ0v) is 19.7. The van der Waals surface area contributed by atoms with E-state index in [0.717, 1.165) is 34.6 Å². The predicted octanol–water partition coefficient (Wildman–Crippen LogP) is 6.36. The van der Waals surface area contributed by atoms with Gasteiger partial charge in [0.25, 0.3) is 0 Å². The first-order valence-electron chi connectivity index (χ1n) is 10.3. The number of aromatic nitrogens is 1. The van der Waals surface area contributed by atoms with E-state index in [0.29, 0.717) is 16.4 Å². The van der Waals surface area contributed by atoms with E-state index in [9.17, 15) is 5.26 Å². The van der Waals surface area contributed by atoms with E-state index in [-0.39, 0.29) is 0 Å². The lowest BCUT2D eigenvalue weighted by molar-refractivity contribution is 0.489. The lowest BCUT2D eigenvalue weighted by atomic mass is 9.80. The van der Waals surface area contributed by atoms with E-state index in [1.165, 1.54) is 11.5 Å². The molecule has 0 unspecified atom stereocenters. The Morgan fingerprint density at radius 3 is 2.55 bits per heavy atom. The monoisotopic (exact) mass is 432 g/mol. The van der Waals surface area contributed by atoms with Gasteiger partial charge in [0.1, 0.15) is 17.4 Å². The molecule has 3 rings (SSSR count). The first-order valence-corrected chi connectivity index (χ1v) is 11.0. The Kier molecular flexibility index (Phi) is 6.77. The van der Waals surface area contributed by atoms with Crippen LogP contribution in [0.15, 0.2) is 47.5 Å². The SMILES string of the molecule is CCN(C)C=Nc1cc(C)c(Oc2snc(C(C)(C)c3ccccc3)c2C#N)cc1C. The molecule has 0 spiro atoms. The summed E-state index contributed by atoms with van der Waals surface area (Å²) >= 11 is 1.22. The predicted molar refractivity (Wildman–Crippen MR) is 128 cm³/mol. The zero-order valence-electron chi connectivity index (χ0n) is 18.9. The van der Waals surface area contributed by atoms with Gasteiger partial charge in [-0.25, -0.2) is 4.99 Å². The molecule has 0 bridgehead atoms. The maximum absolute atomic E-state index is 9.90. The highest BCUT2D eigenvalue weighted by atomic mass is 32.1. The summed E-state index contributed by atoms with van der Waals surface area (Å²) in [4.78, 5) is 6.59. The molecular formula is C25H28N4OS. The molecule has 0 aliphatic heterocycles. The molecule has 0 radical (unpaired) electrons. The van der Waals surface area contributed by atoms with Gasteiger partial charge in [-0.15, -0.1) is 0 Å². The minimum atomic E-state index is -0.404.